The van der Waals surface area contributed by atoms with Gasteiger partial charge < -0.3 is 5.11 Å². The van der Waals surface area contributed by atoms with Crippen LogP contribution >= 0.6 is 11.3 Å². The number of fused-ring (bicyclic) bond motifs is 2. The topological polar surface area (TPSA) is 54.2 Å². The number of likely N-dealkylation sites (tertiary alicyclic amines) is 1. The fraction of sp³-hybridized carbons (Fsp3) is 0.474. The van der Waals surface area contributed by atoms with Crippen molar-refractivity contribution in [3.8, 4) is 0 Å². The van der Waals surface area contributed by atoms with Crippen LogP contribution in [0.3, 0.4) is 0 Å². The SMILES string of the molecule is O[C@@H]1C[C@H]2CN(Cc3nc4ccccc4s3)C[C@H]2C[C@H]1n1cccn1. The third-order valence-corrected chi connectivity index (χ3v) is 6.77. The molecule has 1 saturated carbocycles. The van der Waals surface area contributed by atoms with E-state index >= 15 is 0 Å². The maximum absolute atomic E-state index is 10.6. The summed E-state index contributed by atoms with van der Waals surface area (Å²) in [5.41, 5.74) is 1.10. The third kappa shape index (κ3) is 2.88. The van der Waals surface area contributed by atoms with E-state index in [9.17, 15) is 5.11 Å². The van der Waals surface area contributed by atoms with E-state index in [1.807, 2.05) is 23.0 Å². The molecule has 1 N–H and O–H groups in total. The van der Waals surface area contributed by atoms with Gasteiger partial charge in [0.2, 0.25) is 0 Å². The van der Waals surface area contributed by atoms with Crippen molar-refractivity contribution in [3.05, 3.63) is 47.7 Å². The molecule has 0 unspecified atom stereocenters. The fourth-order valence-electron chi connectivity index (χ4n) is 4.57. The summed E-state index contributed by atoms with van der Waals surface area (Å²) in [6.07, 6.45) is 5.38. The monoisotopic (exact) mass is 354 g/mol. The summed E-state index contributed by atoms with van der Waals surface area (Å²) < 4.78 is 3.21. The minimum Gasteiger partial charge on any atom is -0.391 e. The maximum Gasteiger partial charge on any atom is 0.108 e. The summed E-state index contributed by atoms with van der Waals surface area (Å²) in [6.45, 7) is 3.10. The van der Waals surface area contributed by atoms with Crippen molar-refractivity contribution >= 4 is 21.6 Å². The highest BCUT2D eigenvalue weighted by Gasteiger charge is 2.42. The van der Waals surface area contributed by atoms with Gasteiger partial charge in [-0.05, 0) is 42.9 Å². The second kappa shape index (κ2) is 6.20. The number of para-hydroxylation sites is 1. The maximum atomic E-state index is 10.6. The van der Waals surface area contributed by atoms with Crippen molar-refractivity contribution in [2.24, 2.45) is 11.8 Å². The largest absolute Gasteiger partial charge is 0.391 e. The Labute approximate surface area is 150 Å². The molecule has 1 aromatic carbocycles. The van der Waals surface area contributed by atoms with Crippen LogP contribution in [0.1, 0.15) is 23.9 Å². The molecule has 25 heavy (non-hydrogen) atoms. The average molecular weight is 354 g/mol. The highest BCUT2D eigenvalue weighted by atomic mass is 32.1. The molecule has 1 aliphatic carbocycles. The van der Waals surface area contributed by atoms with Crippen molar-refractivity contribution < 1.29 is 5.11 Å². The minimum atomic E-state index is -0.288. The second-order valence-corrected chi connectivity index (χ2v) is 8.50. The van der Waals surface area contributed by atoms with Gasteiger partial charge in [0.1, 0.15) is 5.01 Å². The number of hydrogen-bond donors (Lipinski definition) is 1. The Balaban J connectivity index is 1.29. The summed E-state index contributed by atoms with van der Waals surface area (Å²) in [5.74, 6) is 1.24. The summed E-state index contributed by atoms with van der Waals surface area (Å²) in [4.78, 5) is 7.30. The standard InChI is InChI=1S/C19H22N4OS/c24-17-9-14-11-22(10-13(14)8-16(17)23-7-3-6-20-23)12-19-21-15-4-1-2-5-18(15)25-19/h1-7,13-14,16-17,24H,8-12H2/t13-,14+,16-,17-/m1/s1. The Bertz CT molecular complexity index is 828. The molecule has 2 aromatic heterocycles. The van der Waals surface area contributed by atoms with Crippen LogP contribution in [0.5, 0.6) is 0 Å². The van der Waals surface area contributed by atoms with E-state index in [1.54, 1.807) is 17.5 Å². The van der Waals surface area contributed by atoms with Crippen molar-refractivity contribution in [2.75, 3.05) is 13.1 Å². The van der Waals surface area contributed by atoms with Crippen LogP contribution in [-0.2, 0) is 6.54 Å². The fourth-order valence-corrected chi connectivity index (χ4v) is 5.58. The molecule has 5 rings (SSSR count). The molecular weight excluding hydrogens is 332 g/mol. The number of thiazole rings is 1. The second-order valence-electron chi connectivity index (χ2n) is 7.38. The molecule has 3 aromatic rings. The van der Waals surface area contributed by atoms with Gasteiger partial charge in [-0.15, -0.1) is 11.3 Å². The predicted molar refractivity (Wildman–Crippen MR) is 98.4 cm³/mol. The van der Waals surface area contributed by atoms with E-state index in [1.165, 1.54) is 9.71 Å². The molecule has 3 heterocycles. The number of rotatable bonds is 3. The molecule has 4 atom stereocenters. The number of aromatic nitrogens is 3. The van der Waals surface area contributed by atoms with E-state index < -0.39 is 0 Å². The van der Waals surface area contributed by atoms with Gasteiger partial charge in [-0.2, -0.15) is 5.10 Å². The van der Waals surface area contributed by atoms with E-state index in [2.05, 4.69) is 28.2 Å². The molecule has 130 valence electrons. The van der Waals surface area contributed by atoms with Crippen molar-refractivity contribution in [3.63, 3.8) is 0 Å². The van der Waals surface area contributed by atoms with Gasteiger partial charge in [-0.3, -0.25) is 9.58 Å². The molecule has 6 heteroatoms. The summed E-state index contributed by atoms with van der Waals surface area (Å²) in [6, 6.07) is 10.4. The lowest BCUT2D eigenvalue weighted by Gasteiger charge is -2.35. The van der Waals surface area contributed by atoms with Crippen molar-refractivity contribution in [2.45, 2.75) is 31.5 Å². The number of aliphatic hydroxyl groups is 1. The van der Waals surface area contributed by atoms with Gasteiger partial charge in [0.05, 0.1) is 28.9 Å². The lowest BCUT2D eigenvalue weighted by Crippen LogP contribution is -2.36. The highest BCUT2D eigenvalue weighted by Crippen LogP contribution is 2.41. The number of nitrogens with zero attached hydrogens (tertiary/aromatic N) is 4. The first-order valence-corrected chi connectivity index (χ1v) is 9.82. The number of aliphatic hydroxyl groups excluding tert-OH is 1. The molecule has 2 aliphatic rings. The van der Waals surface area contributed by atoms with Crippen LogP contribution in [-0.4, -0.2) is 44.0 Å². The average Bonchev–Trinajstić information content (AvgIpc) is 3.32. The van der Waals surface area contributed by atoms with Gasteiger partial charge >= 0.3 is 0 Å². The van der Waals surface area contributed by atoms with Crippen LogP contribution in [0.25, 0.3) is 10.2 Å². The van der Waals surface area contributed by atoms with Gasteiger partial charge in [0.15, 0.2) is 0 Å². The first kappa shape index (κ1) is 15.5. The first-order chi connectivity index (χ1) is 12.3. The van der Waals surface area contributed by atoms with Crippen molar-refractivity contribution in [1.82, 2.24) is 19.7 Å². The lowest BCUT2D eigenvalue weighted by atomic mass is 9.77. The third-order valence-electron chi connectivity index (χ3n) is 5.75. The molecule has 2 fully saturated rings. The quantitative estimate of drug-likeness (QED) is 0.786. The normalized spacial score (nSPS) is 30.0. The van der Waals surface area contributed by atoms with E-state index in [4.69, 9.17) is 4.98 Å². The molecule has 0 spiro atoms. The Hall–Kier alpha value is -1.76. The van der Waals surface area contributed by atoms with Crippen LogP contribution < -0.4 is 0 Å². The van der Waals surface area contributed by atoms with Gasteiger partial charge in [0.25, 0.3) is 0 Å². The van der Waals surface area contributed by atoms with Crippen LogP contribution in [0, 0.1) is 11.8 Å². The molecule has 0 radical (unpaired) electrons. The lowest BCUT2D eigenvalue weighted by molar-refractivity contribution is 0.0306. The Morgan fingerprint density at radius 1 is 1.12 bits per heavy atom. The Morgan fingerprint density at radius 3 is 2.76 bits per heavy atom. The zero-order valence-corrected chi connectivity index (χ0v) is 14.8. The van der Waals surface area contributed by atoms with Crippen LogP contribution in [0.2, 0.25) is 0 Å². The van der Waals surface area contributed by atoms with Crippen LogP contribution in [0.15, 0.2) is 42.7 Å². The predicted octanol–water partition coefficient (Wildman–Crippen LogP) is 2.94. The number of benzene rings is 1. The molecule has 5 nitrogen and oxygen atoms in total. The first-order valence-electron chi connectivity index (χ1n) is 9.00. The summed E-state index contributed by atoms with van der Waals surface area (Å²) in [7, 11) is 0. The number of hydrogen-bond acceptors (Lipinski definition) is 5. The summed E-state index contributed by atoms with van der Waals surface area (Å²) in [5, 5.41) is 16.1. The molecule has 0 amide bonds. The van der Waals surface area contributed by atoms with Crippen LogP contribution in [0.4, 0.5) is 0 Å². The smallest absolute Gasteiger partial charge is 0.108 e. The Morgan fingerprint density at radius 2 is 1.96 bits per heavy atom. The molecular formula is C19H22N4OS. The van der Waals surface area contributed by atoms with Gasteiger partial charge in [-0.1, -0.05) is 12.1 Å². The zero-order valence-electron chi connectivity index (χ0n) is 14.0. The summed E-state index contributed by atoms with van der Waals surface area (Å²) >= 11 is 1.80. The van der Waals surface area contributed by atoms with E-state index in [-0.39, 0.29) is 12.1 Å². The molecule has 1 saturated heterocycles. The zero-order chi connectivity index (χ0) is 16.8. The highest BCUT2D eigenvalue weighted by molar-refractivity contribution is 7.18. The van der Waals surface area contributed by atoms with E-state index in [0.717, 1.165) is 38.0 Å². The van der Waals surface area contributed by atoms with Crippen molar-refractivity contribution in [1.29, 1.82) is 0 Å². The molecule has 1 aliphatic heterocycles. The Kier molecular flexibility index (Phi) is 3.84. The van der Waals surface area contributed by atoms with Gasteiger partial charge in [0, 0.05) is 25.5 Å². The molecule has 0 bridgehead atoms. The van der Waals surface area contributed by atoms with Gasteiger partial charge in [-0.25, -0.2) is 4.98 Å². The van der Waals surface area contributed by atoms with E-state index in [0.29, 0.717) is 11.8 Å². The minimum absolute atomic E-state index is 0.124.